The zero-order chi connectivity index (χ0) is 24.0. The van der Waals surface area contributed by atoms with E-state index in [4.69, 9.17) is 4.98 Å². The van der Waals surface area contributed by atoms with E-state index in [2.05, 4.69) is 0 Å². The molecule has 2 aromatic carbocycles. The van der Waals surface area contributed by atoms with Gasteiger partial charge in [0.05, 0.1) is 11.1 Å². The Balaban J connectivity index is 1.39. The highest BCUT2D eigenvalue weighted by atomic mass is 19.1. The van der Waals surface area contributed by atoms with E-state index in [1.807, 2.05) is 64.0 Å². The molecule has 6 heteroatoms. The van der Waals surface area contributed by atoms with Crippen molar-refractivity contribution in [2.24, 2.45) is 5.92 Å². The van der Waals surface area contributed by atoms with Crippen molar-refractivity contribution in [1.82, 2.24) is 14.3 Å². The second kappa shape index (κ2) is 8.61. The number of fused-ring (bicyclic) bond motifs is 2. The number of aliphatic hydroxyl groups is 1. The van der Waals surface area contributed by atoms with Crippen molar-refractivity contribution < 1.29 is 14.3 Å². The molecule has 1 aliphatic heterocycles. The van der Waals surface area contributed by atoms with E-state index in [-0.39, 0.29) is 23.7 Å². The maximum atomic E-state index is 14.0. The number of carbonyl (C=O) groups is 1. The van der Waals surface area contributed by atoms with E-state index in [1.165, 1.54) is 12.1 Å². The minimum absolute atomic E-state index is 0.0122. The average Bonchev–Trinajstić information content (AvgIpc) is 3.29. The van der Waals surface area contributed by atoms with Gasteiger partial charge in [0.2, 0.25) is 0 Å². The standard InChI is InChI=1S/C29H28FN3O2/c30-22-15-13-20(14-16-22)27-31-26(25-12-6-7-18-32(25)27)28(34)33-19-17-29(35,21-8-2-1-3-9-21)23-10-4-5-11-24(23)33/h1-3,6-9,12-16,18,23-24,35H,4-5,10-11,17,19H2. The van der Waals surface area contributed by atoms with Crippen LogP contribution in [0.5, 0.6) is 0 Å². The summed E-state index contributed by atoms with van der Waals surface area (Å²) >= 11 is 0. The molecule has 1 amide bonds. The van der Waals surface area contributed by atoms with Gasteiger partial charge in [0.15, 0.2) is 5.69 Å². The quantitative estimate of drug-likeness (QED) is 0.435. The lowest BCUT2D eigenvalue weighted by Gasteiger charge is -2.52. The third-order valence-electron chi connectivity index (χ3n) is 7.86. The topological polar surface area (TPSA) is 57.8 Å². The first-order chi connectivity index (χ1) is 17.1. The molecule has 5 nitrogen and oxygen atoms in total. The first-order valence-corrected chi connectivity index (χ1v) is 12.4. The molecule has 2 aromatic heterocycles. The number of pyridine rings is 1. The smallest absolute Gasteiger partial charge is 0.274 e. The summed E-state index contributed by atoms with van der Waals surface area (Å²) in [6, 6.07) is 21.7. The van der Waals surface area contributed by atoms with Gasteiger partial charge in [-0.1, -0.05) is 49.2 Å². The number of nitrogens with zero attached hydrogens (tertiary/aromatic N) is 3. The highest BCUT2D eigenvalue weighted by Crippen LogP contribution is 2.47. The predicted molar refractivity (Wildman–Crippen MR) is 132 cm³/mol. The number of carbonyl (C=O) groups excluding carboxylic acids is 1. The minimum atomic E-state index is -0.932. The van der Waals surface area contributed by atoms with Crippen LogP contribution in [0.2, 0.25) is 0 Å². The van der Waals surface area contributed by atoms with Crippen molar-refractivity contribution in [3.8, 4) is 11.4 Å². The van der Waals surface area contributed by atoms with Crippen LogP contribution >= 0.6 is 0 Å². The number of imidazole rings is 1. The number of likely N-dealkylation sites (tertiary alicyclic amines) is 1. The fraction of sp³-hybridized carbons (Fsp3) is 0.310. The Bertz CT molecular complexity index is 1370. The zero-order valence-electron chi connectivity index (χ0n) is 19.5. The Morgan fingerprint density at radius 3 is 2.51 bits per heavy atom. The van der Waals surface area contributed by atoms with E-state index >= 15 is 0 Å². The van der Waals surface area contributed by atoms with E-state index in [0.717, 1.165) is 42.3 Å². The third-order valence-corrected chi connectivity index (χ3v) is 7.86. The fourth-order valence-electron chi connectivity index (χ4n) is 6.15. The third kappa shape index (κ3) is 3.64. The van der Waals surface area contributed by atoms with Gasteiger partial charge < -0.3 is 10.0 Å². The van der Waals surface area contributed by atoms with E-state index in [0.29, 0.717) is 24.5 Å². The summed E-state index contributed by atoms with van der Waals surface area (Å²) in [6.45, 7) is 0.475. The maximum absolute atomic E-state index is 14.0. The first kappa shape index (κ1) is 22.0. The van der Waals surface area contributed by atoms with Crippen LogP contribution in [0.3, 0.4) is 0 Å². The molecule has 2 fully saturated rings. The molecule has 3 atom stereocenters. The SMILES string of the molecule is O=C(c1nc(-c2ccc(F)cc2)n2ccccc12)N1CCC(O)(c2ccccc2)C2CCCCC21. The van der Waals surface area contributed by atoms with Gasteiger partial charge >= 0.3 is 0 Å². The Morgan fingerprint density at radius 2 is 1.71 bits per heavy atom. The van der Waals surface area contributed by atoms with Crippen LogP contribution < -0.4 is 0 Å². The summed E-state index contributed by atoms with van der Waals surface area (Å²) in [4.78, 5) is 20.8. The largest absolute Gasteiger partial charge is 0.385 e. The minimum Gasteiger partial charge on any atom is -0.385 e. The van der Waals surface area contributed by atoms with Crippen LogP contribution in [-0.4, -0.2) is 37.9 Å². The molecule has 0 radical (unpaired) electrons. The molecule has 1 saturated heterocycles. The number of rotatable bonds is 3. The molecule has 1 N–H and O–H groups in total. The second-order valence-corrected chi connectivity index (χ2v) is 9.74. The Kier molecular flexibility index (Phi) is 5.41. The van der Waals surface area contributed by atoms with Gasteiger partial charge in [0.1, 0.15) is 11.6 Å². The molecule has 2 aliphatic rings. The van der Waals surface area contributed by atoms with Crippen LogP contribution in [0.15, 0.2) is 79.0 Å². The van der Waals surface area contributed by atoms with Gasteiger partial charge in [0.25, 0.3) is 5.91 Å². The summed E-state index contributed by atoms with van der Waals surface area (Å²) in [7, 11) is 0. The molecule has 3 unspecified atom stereocenters. The van der Waals surface area contributed by atoms with Crippen molar-refractivity contribution >= 4 is 11.4 Å². The number of hydrogen-bond acceptors (Lipinski definition) is 3. The summed E-state index contributed by atoms with van der Waals surface area (Å²) in [5.74, 6) is 0.186. The highest BCUT2D eigenvalue weighted by Gasteiger charge is 2.50. The summed E-state index contributed by atoms with van der Waals surface area (Å²) in [5, 5.41) is 11.9. The van der Waals surface area contributed by atoms with Gasteiger partial charge in [-0.05, 0) is 61.2 Å². The lowest BCUT2D eigenvalue weighted by atomic mass is 9.66. The Morgan fingerprint density at radius 1 is 0.971 bits per heavy atom. The van der Waals surface area contributed by atoms with E-state index in [1.54, 1.807) is 12.1 Å². The normalized spacial score (nSPS) is 24.3. The van der Waals surface area contributed by atoms with Gasteiger partial charge in [-0.15, -0.1) is 0 Å². The van der Waals surface area contributed by atoms with Crippen LogP contribution in [0.1, 0.15) is 48.2 Å². The lowest BCUT2D eigenvalue weighted by Crippen LogP contribution is -2.59. The lowest BCUT2D eigenvalue weighted by molar-refractivity contribution is -0.110. The second-order valence-electron chi connectivity index (χ2n) is 9.74. The van der Waals surface area contributed by atoms with Crippen LogP contribution in [0.4, 0.5) is 4.39 Å². The molecular formula is C29H28FN3O2. The number of amides is 1. The fourth-order valence-corrected chi connectivity index (χ4v) is 6.15. The zero-order valence-corrected chi connectivity index (χ0v) is 19.5. The van der Waals surface area contributed by atoms with Crippen LogP contribution in [0, 0.1) is 11.7 Å². The number of piperidine rings is 1. The van der Waals surface area contributed by atoms with Crippen molar-refractivity contribution in [3.63, 3.8) is 0 Å². The maximum Gasteiger partial charge on any atom is 0.274 e. The van der Waals surface area contributed by atoms with Gasteiger partial charge in [-0.3, -0.25) is 9.20 Å². The Hall–Kier alpha value is -3.51. The molecule has 4 aromatic rings. The molecule has 0 spiro atoms. The van der Waals surface area contributed by atoms with E-state index in [9.17, 15) is 14.3 Å². The molecule has 1 saturated carbocycles. The number of halogens is 1. The van der Waals surface area contributed by atoms with Gasteiger partial charge in [-0.2, -0.15) is 0 Å². The van der Waals surface area contributed by atoms with Gasteiger partial charge in [0, 0.05) is 30.3 Å². The average molecular weight is 470 g/mol. The summed E-state index contributed by atoms with van der Waals surface area (Å²) in [5.41, 5.74) is 1.89. The van der Waals surface area contributed by atoms with Crippen molar-refractivity contribution in [2.75, 3.05) is 6.54 Å². The summed E-state index contributed by atoms with van der Waals surface area (Å²) in [6.07, 6.45) is 6.25. The first-order valence-electron chi connectivity index (χ1n) is 12.4. The molecule has 3 heterocycles. The van der Waals surface area contributed by atoms with E-state index < -0.39 is 5.60 Å². The summed E-state index contributed by atoms with van der Waals surface area (Å²) < 4.78 is 15.4. The van der Waals surface area contributed by atoms with Crippen LogP contribution in [-0.2, 0) is 5.60 Å². The number of aromatic nitrogens is 2. The van der Waals surface area contributed by atoms with Crippen molar-refractivity contribution in [1.29, 1.82) is 0 Å². The molecule has 1 aliphatic carbocycles. The Labute approximate surface area is 203 Å². The predicted octanol–water partition coefficient (Wildman–Crippen LogP) is 5.43. The molecular weight excluding hydrogens is 441 g/mol. The highest BCUT2D eigenvalue weighted by molar-refractivity contribution is 6.00. The van der Waals surface area contributed by atoms with Gasteiger partial charge in [-0.25, -0.2) is 9.37 Å². The molecule has 178 valence electrons. The molecule has 0 bridgehead atoms. The molecule has 6 rings (SSSR count). The molecule has 35 heavy (non-hydrogen) atoms. The van der Waals surface area contributed by atoms with Crippen LogP contribution in [0.25, 0.3) is 16.9 Å². The van der Waals surface area contributed by atoms with Crippen molar-refractivity contribution in [3.05, 3.63) is 96.1 Å². The number of benzene rings is 2. The monoisotopic (exact) mass is 469 g/mol. The number of hydrogen-bond donors (Lipinski definition) is 1. The van der Waals surface area contributed by atoms with Crippen molar-refractivity contribution in [2.45, 2.75) is 43.7 Å².